The van der Waals surface area contributed by atoms with Crippen molar-refractivity contribution in [1.29, 1.82) is 0 Å². The van der Waals surface area contributed by atoms with Gasteiger partial charge in [-0.25, -0.2) is 19.9 Å². The van der Waals surface area contributed by atoms with Gasteiger partial charge in [-0.1, -0.05) is 12.1 Å². The predicted octanol–water partition coefficient (Wildman–Crippen LogP) is 4.01. The van der Waals surface area contributed by atoms with Gasteiger partial charge in [-0.2, -0.15) is 4.98 Å². The molecular formula is C21H20N8. The minimum absolute atomic E-state index is 0.452. The van der Waals surface area contributed by atoms with Gasteiger partial charge in [0.25, 0.3) is 0 Å². The summed E-state index contributed by atoms with van der Waals surface area (Å²) in [5.74, 6) is 2.21. The first kappa shape index (κ1) is 18.3. The van der Waals surface area contributed by atoms with Crippen LogP contribution >= 0.6 is 0 Å². The van der Waals surface area contributed by atoms with Crippen LogP contribution in [-0.2, 0) is 0 Å². The Morgan fingerprint density at radius 2 is 1.59 bits per heavy atom. The number of pyridine rings is 1. The summed E-state index contributed by atoms with van der Waals surface area (Å²) in [6.07, 6.45) is 3.35. The zero-order chi connectivity index (χ0) is 20.2. The van der Waals surface area contributed by atoms with E-state index >= 15 is 0 Å². The van der Waals surface area contributed by atoms with Crippen molar-refractivity contribution in [3.8, 4) is 11.5 Å². The molecule has 4 N–H and O–H groups in total. The number of nitrogens with two attached hydrogens (primary N) is 1. The lowest BCUT2D eigenvalue weighted by molar-refractivity contribution is 1.11. The van der Waals surface area contributed by atoms with E-state index in [1.807, 2.05) is 50.2 Å². The molecule has 4 rings (SSSR count). The summed E-state index contributed by atoms with van der Waals surface area (Å²) in [5.41, 5.74) is 10.1. The van der Waals surface area contributed by atoms with E-state index in [-0.39, 0.29) is 0 Å². The number of hydrogen-bond acceptors (Lipinski definition) is 8. The summed E-state index contributed by atoms with van der Waals surface area (Å²) >= 11 is 0. The van der Waals surface area contributed by atoms with E-state index in [0.717, 1.165) is 22.6 Å². The first-order chi connectivity index (χ1) is 14.1. The Hall–Kier alpha value is -4.07. The van der Waals surface area contributed by atoms with Crippen molar-refractivity contribution in [3.63, 3.8) is 0 Å². The quantitative estimate of drug-likeness (QED) is 0.442. The Kier molecular flexibility index (Phi) is 4.98. The fourth-order valence-electron chi connectivity index (χ4n) is 2.69. The zero-order valence-corrected chi connectivity index (χ0v) is 16.1. The van der Waals surface area contributed by atoms with Crippen LogP contribution in [-0.4, -0.2) is 24.9 Å². The molecular weight excluding hydrogens is 364 g/mol. The van der Waals surface area contributed by atoms with Crippen molar-refractivity contribution in [1.82, 2.24) is 24.9 Å². The minimum atomic E-state index is 0.452. The highest BCUT2D eigenvalue weighted by Gasteiger charge is 2.07. The van der Waals surface area contributed by atoms with Crippen molar-refractivity contribution >= 4 is 29.0 Å². The average molecular weight is 384 g/mol. The summed E-state index contributed by atoms with van der Waals surface area (Å²) in [6.45, 7) is 3.89. The fraction of sp³-hybridized carbons (Fsp3) is 0.0952. The first-order valence-corrected chi connectivity index (χ1v) is 9.07. The lowest BCUT2D eigenvalue weighted by Gasteiger charge is -2.10. The van der Waals surface area contributed by atoms with E-state index in [0.29, 0.717) is 29.1 Å². The molecule has 8 nitrogen and oxygen atoms in total. The SMILES string of the molecule is Cc1cccc(-c2nccc(Nc3ccnc(Nc4ccc(C)c(N)c4)n3)n2)n1. The third-order valence-corrected chi connectivity index (χ3v) is 4.22. The third kappa shape index (κ3) is 4.44. The lowest BCUT2D eigenvalue weighted by atomic mass is 10.2. The Balaban J connectivity index is 1.53. The van der Waals surface area contributed by atoms with Crippen LogP contribution in [0.4, 0.5) is 29.0 Å². The first-order valence-electron chi connectivity index (χ1n) is 9.07. The molecule has 0 unspecified atom stereocenters. The molecule has 1 aromatic carbocycles. The second-order valence-corrected chi connectivity index (χ2v) is 6.52. The van der Waals surface area contributed by atoms with Crippen molar-refractivity contribution in [2.24, 2.45) is 0 Å². The Morgan fingerprint density at radius 3 is 2.38 bits per heavy atom. The number of nitrogens with zero attached hydrogens (tertiary/aromatic N) is 5. The van der Waals surface area contributed by atoms with Crippen molar-refractivity contribution in [2.75, 3.05) is 16.4 Å². The van der Waals surface area contributed by atoms with Gasteiger partial charge in [0.2, 0.25) is 5.95 Å². The van der Waals surface area contributed by atoms with Crippen LogP contribution in [0.15, 0.2) is 60.9 Å². The summed E-state index contributed by atoms with van der Waals surface area (Å²) < 4.78 is 0. The van der Waals surface area contributed by atoms with E-state index in [9.17, 15) is 0 Å². The molecule has 0 saturated heterocycles. The van der Waals surface area contributed by atoms with Gasteiger partial charge in [-0.15, -0.1) is 0 Å². The van der Waals surface area contributed by atoms with Crippen molar-refractivity contribution in [2.45, 2.75) is 13.8 Å². The summed E-state index contributed by atoms with van der Waals surface area (Å²) in [4.78, 5) is 22.0. The normalized spacial score (nSPS) is 10.6. The highest BCUT2D eigenvalue weighted by Crippen LogP contribution is 2.21. The van der Waals surface area contributed by atoms with Crippen LogP contribution in [0.2, 0.25) is 0 Å². The molecule has 3 aromatic heterocycles. The monoisotopic (exact) mass is 384 g/mol. The zero-order valence-electron chi connectivity index (χ0n) is 16.1. The van der Waals surface area contributed by atoms with E-state index in [1.165, 1.54) is 0 Å². The maximum absolute atomic E-state index is 5.97. The number of nitrogen functional groups attached to an aromatic ring is 1. The molecule has 0 spiro atoms. The highest BCUT2D eigenvalue weighted by molar-refractivity contribution is 5.63. The maximum Gasteiger partial charge on any atom is 0.229 e. The smallest absolute Gasteiger partial charge is 0.229 e. The van der Waals surface area contributed by atoms with Gasteiger partial charge in [0.15, 0.2) is 5.82 Å². The molecule has 0 saturated carbocycles. The number of aromatic nitrogens is 5. The van der Waals surface area contributed by atoms with Gasteiger partial charge < -0.3 is 16.4 Å². The topological polar surface area (TPSA) is 115 Å². The van der Waals surface area contributed by atoms with E-state index < -0.39 is 0 Å². The second-order valence-electron chi connectivity index (χ2n) is 6.52. The third-order valence-electron chi connectivity index (χ3n) is 4.22. The molecule has 144 valence electrons. The number of nitrogens with one attached hydrogen (secondary N) is 2. The highest BCUT2D eigenvalue weighted by atomic mass is 15.2. The minimum Gasteiger partial charge on any atom is -0.398 e. The Morgan fingerprint density at radius 1 is 0.793 bits per heavy atom. The predicted molar refractivity (Wildman–Crippen MR) is 114 cm³/mol. The molecule has 0 aliphatic carbocycles. The number of benzene rings is 1. The maximum atomic E-state index is 5.97. The standard InChI is InChI=1S/C21H20N8/c1-13-6-7-15(12-16(13)22)26-21-24-11-9-19(29-21)27-18-8-10-23-20(28-18)17-5-3-4-14(2)25-17/h3-12H,22H2,1-2H3,(H2,23,24,26,27,28,29). The molecule has 3 heterocycles. The van der Waals surface area contributed by atoms with Crippen LogP contribution in [0.5, 0.6) is 0 Å². The molecule has 0 atom stereocenters. The van der Waals surface area contributed by atoms with E-state index in [4.69, 9.17) is 5.73 Å². The molecule has 0 radical (unpaired) electrons. The Bertz CT molecular complexity index is 1160. The molecule has 8 heteroatoms. The van der Waals surface area contributed by atoms with Gasteiger partial charge in [-0.05, 0) is 55.8 Å². The molecule has 0 bridgehead atoms. The van der Waals surface area contributed by atoms with Gasteiger partial charge in [0.05, 0.1) is 0 Å². The van der Waals surface area contributed by atoms with Crippen LogP contribution in [0, 0.1) is 13.8 Å². The van der Waals surface area contributed by atoms with Crippen LogP contribution in [0.1, 0.15) is 11.3 Å². The fourth-order valence-corrected chi connectivity index (χ4v) is 2.69. The van der Waals surface area contributed by atoms with Gasteiger partial charge in [0.1, 0.15) is 17.3 Å². The van der Waals surface area contributed by atoms with Crippen LogP contribution in [0.3, 0.4) is 0 Å². The van der Waals surface area contributed by atoms with E-state index in [2.05, 4.69) is 35.6 Å². The number of anilines is 5. The number of hydrogen-bond donors (Lipinski definition) is 3. The number of rotatable bonds is 5. The average Bonchev–Trinajstić information content (AvgIpc) is 2.71. The molecule has 4 aromatic rings. The Labute approximate surface area is 168 Å². The van der Waals surface area contributed by atoms with Crippen LogP contribution < -0.4 is 16.4 Å². The lowest BCUT2D eigenvalue weighted by Crippen LogP contribution is -2.03. The largest absolute Gasteiger partial charge is 0.398 e. The molecule has 0 aliphatic rings. The van der Waals surface area contributed by atoms with Crippen LogP contribution in [0.25, 0.3) is 11.5 Å². The second kappa shape index (κ2) is 7.89. The summed E-state index contributed by atoms with van der Waals surface area (Å²) in [6, 6.07) is 15.0. The van der Waals surface area contributed by atoms with Gasteiger partial charge >= 0.3 is 0 Å². The van der Waals surface area contributed by atoms with Gasteiger partial charge in [0, 0.05) is 29.5 Å². The van der Waals surface area contributed by atoms with Crippen molar-refractivity contribution in [3.05, 3.63) is 72.2 Å². The van der Waals surface area contributed by atoms with Crippen molar-refractivity contribution < 1.29 is 0 Å². The molecule has 0 amide bonds. The van der Waals surface area contributed by atoms with Gasteiger partial charge in [-0.3, -0.25) is 0 Å². The molecule has 0 aliphatic heterocycles. The summed E-state index contributed by atoms with van der Waals surface area (Å²) in [5, 5.41) is 6.34. The molecule has 0 fully saturated rings. The molecule has 29 heavy (non-hydrogen) atoms. The van der Waals surface area contributed by atoms with E-state index in [1.54, 1.807) is 24.5 Å². The number of aryl methyl sites for hydroxylation is 2. The summed E-state index contributed by atoms with van der Waals surface area (Å²) in [7, 11) is 0.